The van der Waals surface area contributed by atoms with E-state index in [1.165, 1.54) is 0 Å². The van der Waals surface area contributed by atoms with Gasteiger partial charge in [-0.2, -0.15) is 0 Å². The van der Waals surface area contributed by atoms with Gasteiger partial charge in [0.1, 0.15) is 0 Å². The number of ketones is 1. The molecule has 1 aliphatic carbocycles. The summed E-state index contributed by atoms with van der Waals surface area (Å²) >= 11 is 0. The Morgan fingerprint density at radius 2 is 2.31 bits per heavy atom. The molecule has 0 unspecified atom stereocenters. The van der Waals surface area contributed by atoms with Crippen molar-refractivity contribution in [3.8, 4) is 0 Å². The van der Waals surface area contributed by atoms with Crippen molar-refractivity contribution >= 4 is 5.78 Å². The fourth-order valence-corrected chi connectivity index (χ4v) is 1.91. The van der Waals surface area contributed by atoms with Crippen molar-refractivity contribution in [2.75, 3.05) is 6.61 Å². The average molecular weight is 179 g/mol. The quantitative estimate of drug-likeness (QED) is 0.736. The zero-order valence-electron chi connectivity index (χ0n) is 7.49. The van der Waals surface area contributed by atoms with Gasteiger partial charge in [-0.05, 0) is 18.9 Å². The number of carbonyl (C=O) groups excluding carboxylic acids is 1. The first-order valence-electron chi connectivity index (χ1n) is 4.65. The summed E-state index contributed by atoms with van der Waals surface area (Å²) in [6.07, 6.45) is 4.48. The van der Waals surface area contributed by atoms with Crippen LogP contribution in [0.4, 0.5) is 0 Å². The van der Waals surface area contributed by atoms with Crippen LogP contribution in [0.3, 0.4) is 0 Å². The van der Waals surface area contributed by atoms with Gasteiger partial charge in [0.25, 0.3) is 0 Å². The van der Waals surface area contributed by atoms with Crippen LogP contribution in [0.25, 0.3) is 0 Å². The standard InChI is InChI=1S/C10H13NO2/c12-7-6-11-5-4-8-9(11)2-1-3-10(8)13/h4-5,12H,1-3,6-7H2. The van der Waals surface area contributed by atoms with Crippen LogP contribution in [-0.4, -0.2) is 22.1 Å². The fourth-order valence-electron chi connectivity index (χ4n) is 1.91. The smallest absolute Gasteiger partial charge is 0.164 e. The topological polar surface area (TPSA) is 42.2 Å². The molecule has 70 valence electrons. The molecule has 1 heterocycles. The third-order valence-electron chi connectivity index (χ3n) is 2.54. The summed E-state index contributed by atoms with van der Waals surface area (Å²) in [5.41, 5.74) is 1.96. The van der Waals surface area contributed by atoms with E-state index in [1.54, 1.807) is 0 Å². The highest BCUT2D eigenvalue weighted by atomic mass is 16.3. The summed E-state index contributed by atoms with van der Waals surface area (Å²) in [4.78, 5) is 11.4. The van der Waals surface area contributed by atoms with Crippen LogP contribution in [0, 0.1) is 0 Å². The second-order valence-electron chi connectivity index (χ2n) is 3.37. The van der Waals surface area contributed by atoms with Gasteiger partial charge in [0.15, 0.2) is 5.78 Å². The van der Waals surface area contributed by atoms with Crippen LogP contribution in [0.5, 0.6) is 0 Å². The van der Waals surface area contributed by atoms with Gasteiger partial charge in [-0.25, -0.2) is 0 Å². The Balaban J connectivity index is 2.36. The molecule has 13 heavy (non-hydrogen) atoms. The molecule has 0 spiro atoms. The van der Waals surface area contributed by atoms with Crippen molar-refractivity contribution in [1.29, 1.82) is 0 Å². The van der Waals surface area contributed by atoms with Crippen LogP contribution >= 0.6 is 0 Å². The van der Waals surface area contributed by atoms with Crippen LogP contribution in [-0.2, 0) is 13.0 Å². The molecule has 1 aliphatic rings. The molecule has 3 heteroatoms. The van der Waals surface area contributed by atoms with Gasteiger partial charge >= 0.3 is 0 Å². The highest BCUT2D eigenvalue weighted by Crippen LogP contribution is 2.21. The van der Waals surface area contributed by atoms with Crippen LogP contribution < -0.4 is 0 Å². The first kappa shape index (κ1) is 8.51. The maximum Gasteiger partial charge on any atom is 0.164 e. The molecule has 1 N–H and O–H groups in total. The van der Waals surface area contributed by atoms with Crippen LogP contribution in [0.15, 0.2) is 12.3 Å². The number of aromatic nitrogens is 1. The number of carbonyl (C=O) groups is 1. The molecule has 0 atom stereocenters. The van der Waals surface area contributed by atoms with E-state index in [0.29, 0.717) is 13.0 Å². The Bertz CT molecular complexity index is 328. The molecular formula is C10H13NO2. The minimum atomic E-state index is 0.134. The zero-order chi connectivity index (χ0) is 9.26. The Labute approximate surface area is 77.0 Å². The minimum Gasteiger partial charge on any atom is -0.395 e. The average Bonchev–Trinajstić information content (AvgIpc) is 2.51. The number of nitrogens with zero attached hydrogens (tertiary/aromatic N) is 1. The maximum atomic E-state index is 11.4. The van der Waals surface area contributed by atoms with Crippen LogP contribution in [0.1, 0.15) is 28.9 Å². The number of fused-ring (bicyclic) bond motifs is 1. The van der Waals surface area contributed by atoms with E-state index in [0.717, 1.165) is 24.1 Å². The first-order valence-corrected chi connectivity index (χ1v) is 4.65. The van der Waals surface area contributed by atoms with Crippen molar-refractivity contribution in [2.24, 2.45) is 0 Å². The molecule has 0 radical (unpaired) electrons. The lowest BCUT2D eigenvalue weighted by Gasteiger charge is -2.13. The van der Waals surface area contributed by atoms with E-state index in [2.05, 4.69) is 0 Å². The molecule has 0 saturated heterocycles. The van der Waals surface area contributed by atoms with Gasteiger partial charge in [0.2, 0.25) is 0 Å². The van der Waals surface area contributed by atoms with Gasteiger partial charge in [-0.1, -0.05) is 0 Å². The molecule has 1 aromatic heterocycles. The predicted octanol–water partition coefficient (Wildman–Crippen LogP) is 0.999. The molecule has 1 aromatic rings. The van der Waals surface area contributed by atoms with E-state index >= 15 is 0 Å². The Hall–Kier alpha value is -1.09. The van der Waals surface area contributed by atoms with Gasteiger partial charge in [0, 0.05) is 30.4 Å². The molecule has 0 fully saturated rings. The van der Waals surface area contributed by atoms with Gasteiger partial charge < -0.3 is 9.67 Å². The van der Waals surface area contributed by atoms with Gasteiger partial charge in [-0.15, -0.1) is 0 Å². The molecule has 0 saturated carbocycles. The normalized spacial score (nSPS) is 15.9. The van der Waals surface area contributed by atoms with Crippen LogP contribution in [0.2, 0.25) is 0 Å². The number of rotatable bonds is 2. The molecule has 2 rings (SSSR count). The fraction of sp³-hybridized carbons (Fsp3) is 0.500. The predicted molar refractivity (Wildman–Crippen MR) is 48.8 cm³/mol. The van der Waals surface area contributed by atoms with Crippen molar-refractivity contribution in [1.82, 2.24) is 4.57 Å². The molecular weight excluding hydrogens is 166 g/mol. The van der Waals surface area contributed by atoms with E-state index in [4.69, 9.17) is 5.11 Å². The number of aliphatic hydroxyl groups is 1. The molecule has 0 amide bonds. The molecule has 0 bridgehead atoms. The lowest BCUT2D eigenvalue weighted by atomic mass is 9.97. The van der Waals surface area contributed by atoms with E-state index in [1.807, 2.05) is 16.8 Å². The third-order valence-corrected chi connectivity index (χ3v) is 2.54. The summed E-state index contributed by atoms with van der Waals surface area (Å²) in [7, 11) is 0. The maximum absolute atomic E-state index is 11.4. The number of hydrogen-bond acceptors (Lipinski definition) is 2. The second-order valence-corrected chi connectivity index (χ2v) is 3.37. The Morgan fingerprint density at radius 1 is 1.46 bits per heavy atom. The van der Waals surface area contributed by atoms with Crippen molar-refractivity contribution < 1.29 is 9.90 Å². The molecule has 0 aliphatic heterocycles. The van der Waals surface area contributed by atoms with Crippen molar-refractivity contribution in [3.63, 3.8) is 0 Å². The lowest BCUT2D eigenvalue weighted by molar-refractivity contribution is 0.0971. The van der Waals surface area contributed by atoms with Crippen molar-refractivity contribution in [3.05, 3.63) is 23.5 Å². The summed E-state index contributed by atoms with van der Waals surface area (Å²) in [6, 6.07) is 1.87. The highest BCUT2D eigenvalue weighted by molar-refractivity contribution is 5.98. The first-order chi connectivity index (χ1) is 6.33. The third kappa shape index (κ3) is 1.40. The Morgan fingerprint density at radius 3 is 3.08 bits per heavy atom. The zero-order valence-corrected chi connectivity index (χ0v) is 7.49. The molecule has 3 nitrogen and oxygen atoms in total. The number of aliphatic hydroxyl groups excluding tert-OH is 1. The summed E-state index contributed by atoms with van der Waals surface area (Å²) < 4.78 is 1.98. The monoisotopic (exact) mass is 179 g/mol. The summed E-state index contributed by atoms with van der Waals surface area (Å²) in [5.74, 6) is 0.248. The van der Waals surface area contributed by atoms with E-state index < -0.39 is 0 Å². The summed E-state index contributed by atoms with van der Waals surface area (Å²) in [5, 5.41) is 8.80. The number of Topliss-reactive ketones (excluding diaryl/α,β-unsaturated/α-hetero) is 1. The number of hydrogen-bond donors (Lipinski definition) is 1. The SMILES string of the molecule is O=C1CCCc2c1ccn2CCO. The van der Waals surface area contributed by atoms with E-state index in [9.17, 15) is 4.79 Å². The van der Waals surface area contributed by atoms with E-state index in [-0.39, 0.29) is 12.4 Å². The van der Waals surface area contributed by atoms with Crippen molar-refractivity contribution in [2.45, 2.75) is 25.8 Å². The largest absolute Gasteiger partial charge is 0.395 e. The van der Waals surface area contributed by atoms with Gasteiger partial charge in [-0.3, -0.25) is 4.79 Å². The minimum absolute atomic E-state index is 0.134. The Kier molecular flexibility index (Phi) is 2.19. The molecule has 0 aromatic carbocycles. The lowest BCUT2D eigenvalue weighted by Crippen LogP contribution is -2.14. The highest BCUT2D eigenvalue weighted by Gasteiger charge is 2.19. The summed E-state index contributed by atoms with van der Waals surface area (Å²) in [6.45, 7) is 0.734. The second kappa shape index (κ2) is 3.34. The van der Waals surface area contributed by atoms with Gasteiger partial charge in [0.05, 0.1) is 6.61 Å².